The molecule has 41 heavy (non-hydrogen) atoms. The molecule has 0 N–H and O–H groups in total. The summed E-state index contributed by atoms with van der Waals surface area (Å²) >= 11 is 2.69. The van der Waals surface area contributed by atoms with Gasteiger partial charge >= 0.3 is 0 Å². The second-order valence-electron chi connectivity index (χ2n) is 9.77. The molecule has 0 saturated carbocycles. The largest absolute Gasteiger partial charge is 0.302 e. The Morgan fingerprint density at radius 1 is 0.707 bits per heavy atom. The molecule has 198 valence electrons. The highest BCUT2D eigenvalue weighted by Crippen LogP contribution is 2.43. The Bertz CT molecular complexity index is 2180. The van der Waals surface area contributed by atoms with Crippen LogP contribution in [0.3, 0.4) is 0 Å². The Hall–Kier alpha value is -4.86. The van der Waals surface area contributed by atoms with Crippen LogP contribution in [0.1, 0.15) is 11.1 Å². The average Bonchev–Trinajstić information content (AvgIpc) is 3.73. The van der Waals surface area contributed by atoms with Crippen molar-refractivity contribution in [2.24, 2.45) is 4.99 Å². The number of nitrogens with zero attached hydrogens (tertiary/aromatic N) is 5. The molecule has 3 aromatic heterocycles. The number of hydrogen-bond donors (Lipinski definition) is 0. The van der Waals surface area contributed by atoms with Crippen molar-refractivity contribution in [3.05, 3.63) is 128 Å². The maximum absolute atomic E-state index is 12.7. The Morgan fingerprint density at radius 3 is 2.02 bits per heavy atom. The summed E-state index contributed by atoms with van der Waals surface area (Å²) in [6, 6.07) is 28.0. The van der Waals surface area contributed by atoms with Gasteiger partial charge in [0.1, 0.15) is 21.4 Å². The maximum Gasteiger partial charge on any atom is 0.252 e. The number of hydrogen-bond acceptors (Lipinski definition) is 9. The molecule has 9 heteroatoms. The second kappa shape index (κ2) is 9.96. The number of rotatable bonds is 5. The third-order valence-electron chi connectivity index (χ3n) is 7.00. The fraction of sp³-hybridized carbons (Fsp3) is 0.0625. The van der Waals surface area contributed by atoms with Gasteiger partial charge in [0.2, 0.25) is 5.43 Å². The predicted octanol–water partition coefficient (Wildman–Crippen LogP) is 6.88. The zero-order valence-corrected chi connectivity index (χ0v) is 23.7. The highest BCUT2D eigenvalue weighted by Gasteiger charge is 2.19. The van der Waals surface area contributed by atoms with Gasteiger partial charge in [-0.25, -0.2) is 9.98 Å². The van der Waals surface area contributed by atoms with Crippen LogP contribution in [-0.4, -0.2) is 13.7 Å². The van der Waals surface area contributed by atoms with E-state index in [0.29, 0.717) is 21.8 Å². The number of thiophene rings is 1. The van der Waals surface area contributed by atoms with Gasteiger partial charge in [-0.1, -0.05) is 59.7 Å². The summed E-state index contributed by atoms with van der Waals surface area (Å²) in [7, 11) is 0. The molecular formula is C32H21N5O2S2. The summed E-state index contributed by atoms with van der Waals surface area (Å²) in [6.07, 6.45) is 1.72. The lowest BCUT2D eigenvalue weighted by Gasteiger charge is -2.24. The number of aryl methyl sites for hydroxylation is 2. The van der Waals surface area contributed by atoms with Crippen LogP contribution < -0.4 is 21.1 Å². The smallest absolute Gasteiger partial charge is 0.252 e. The minimum Gasteiger partial charge on any atom is -0.302 e. The van der Waals surface area contributed by atoms with E-state index >= 15 is 0 Å². The lowest BCUT2D eigenvalue weighted by molar-refractivity contribution is 1.23. The summed E-state index contributed by atoms with van der Waals surface area (Å²) in [4.78, 5) is 37.5. The van der Waals surface area contributed by atoms with Gasteiger partial charge < -0.3 is 4.90 Å². The monoisotopic (exact) mass is 571 g/mol. The van der Waals surface area contributed by atoms with Crippen molar-refractivity contribution in [3.8, 4) is 10.4 Å². The average molecular weight is 572 g/mol. The molecular weight excluding hydrogens is 551 g/mol. The lowest BCUT2D eigenvalue weighted by Crippen LogP contribution is -2.30. The summed E-state index contributed by atoms with van der Waals surface area (Å²) in [6.45, 7) is 4.16. The van der Waals surface area contributed by atoms with E-state index in [1.807, 2.05) is 0 Å². The number of fused-ring (bicyclic) bond motifs is 2. The molecule has 0 amide bonds. The number of pyridine rings is 1. The molecule has 0 aliphatic rings. The Balaban J connectivity index is 1.34. The van der Waals surface area contributed by atoms with E-state index < -0.39 is 10.9 Å². The molecule has 0 radical (unpaired) electrons. The Labute approximate surface area is 242 Å². The van der Waals surface area contributed by atoms with Gasteiger partial charge in [0.05, 0.1) is 11.7 Å². The number of benzene rings is 3. The highest BCUT2D eigenvalue weighted by molar-refractivity contribution is 7.19. The predicted molar refractivity (Wildman–Crippen MR) is 167 cm³/mol. The van der Waals surface area contributed by atoms with E-state index in [-0.39, 0.29) is 11.2 Å². The second-order valence-corrected chi connectivity index (χ2v) is 11.4. The van der Waals surface area contributed by atoms with Crippen LogP contribution in [-0.2, 0) is 0 Å². The fourth-order valence-electron chi connectivity index (χ4n) is 4.86. The molecule has 0 atom stereocenters. The fourth-order valence-corrected chi connectivity index (χ4v) is 6.48. The van der Waals surface area contributed by atoms with Gasteiger partial charge in [-0.3, -0.25) is 9.59 Å². The molecule has 0 saturated heterocycles. The van der Waals surface area contributed by atoms with Crippen LogP contribution in [0.15, 0.2) is 106 Å². The van der Waals surface area contributed by atoms with Gasteiger partial charge in [-0.15, -0.1) is 11.3 Å². The molecule has 7 rings (SSSR count). The van der Waals surface area contributed by atoms with Crippen molar-refractivity contribution in [1.29, 1.82) is 0 Å². The zero-order chi connectivity index (χ0) is 28.1. The SMILES string of the molecule is Cc1ccc(N(c2ccc(C)cc2)c2ccc(-c3cnc(N=c4c(=O)c(=O)c5ccccc45)c4nsnc34)s2)cc1. The summed E-state index contributed by atoms with van der Waals surface area (Å²) in [5.74, 6) is 0.267. The molecule has 0 aliphatic carbocycles. The van der Waals surface area contributed by atoms with Crippen LogP contribution in [0, 0.1) is 13.8 Å². The van der Waals surface area contributed by atoms with Gasteiger partial charge in [-0.2, -0.15) is 8.75 Å². The molecule has 0 aliphatic heterocycles. The summed E-state index contributed by atoms with van der Waals surface area (Å²) in [5.41, 5.74) is 5.31. The quantitative estimate of drug-likeness (QED) is 0.209. The highest BCUT2D eigenvalue weighted by atomic mass is 32.1. The molecule has 4 aromatic carbocycles. The molecule has 0 fully saturated rings. The molecule has 0 bridgehead atoms. The van der Waals surface area contributed by atoms with Crippen LogP contribution in [0.5, 0.6) is 0 Å². The van der Waals surface area contributed by atoms with Gasteiger partial charge in [0, 0.05) is 38.8 Å². The van der Waals surface area contributed by atoms with E-state index in [1.54, 1.807) is 41.8 Å². The summed E-state index contributed by atoms with van der Waals surface area (Å²) in [5, 5.41) is 2.00. The van der Waals surface area contributed by atoms with Crippen LogP contribution in [0.4, 0.5) is 22.2 Å². The first-order valence-corrected chi connectivity index (χ1v) is 14.4. The van der Waals surface area contributed by atoms with Crippen LogP contribution in [0.2, 0.25) is 0 Å². The van der Waals surface area contributed by atoms with E-state index in [4.69, 9.17) is 0 Å². The van der Waals surface area contributed by atoms with Crippen molar-refractivity contribution < 1.29 is 0 Å². The first-order valence-electron chi connectivity index (χ1n) is 12.9. The molecule has 0 spiro atoms. The minimum absolute atomic E-state index is 0.0883. The summed E-state index contributed by atoms with van der Waals surface area (Å²) < 4.78 is 9.02. The van der Waals surface area contributed by atoms with Crippen LogP contribution >= 0.6 is 23.1 Å². The molecule has 3 heterocycles. The normalized spacial score (nSPS) is 12.0. The third-order valence-corrected chi connectivity index (χ3v) is 8.63. The third kappa shape index (κ3) is 4.35. The number of anilines is 3. The Morgan fingerprint density at radius 2 is 1.34 bits per heavy atom. The van der Waals surface area contributed by atoms with Crippen molar-refractivity contribution in [3.63, 3.8) is 0 Å². The van der Waals surface area contributed by atoms with Gasteiger partial charge in [-0.05, 0) is 50.2 Å². The topological polar surface area (TPSA) is 88.4 Å². The van der Waals surface area contributed by atoms with Gasteiger partial charge in [0.15, 0.2) is 5.82 Å². The first-order chi connectivity index (χ1) is 20.0. The minimum atomic E-state index is -0.636. The zero-order valence-electron chi connectivity index (χ0n) is 22.0. The van der Waals surface area contributed by atoms with Crippen molar-refractivity contribution >= 4 is 67.1 Å². The van der Waals surface area contributed by atoms with E-state index in [1.165, 1.54) is 11.1 Å². The molecule has 0 unspecified atom stereocenters. The Kier molecular flexibility index (Phi) is 6.10. The van der Waals surface area contributed by atoms with Crippen molar-refractivity contribution in [2.75, 3.05) is 4.90 Å². The van der Waals surface area contributed by atoms with E-state index in [0.717, 1.165) is 38.5 Å². The van der Waals surface area contributed by atoms with Crippen molar-refractivity contribution in [2.45, 2.75) is 13.8 Å². The van der Waals surface area contributed by atoms with Gasteiger partial charge in [0.25, 0.3) is 5.43 Å². The standard InChI is InChI=1S/C32H21N5O2S2/c1-18-7-11-20(12-8-18)37(21-13-9-19(2)10-14-21)26-16-15-25(40-26)24-17-33-32(29-27(24)35-41-36-29)34-28-22-5-3-4-6-23(22)30(38)31(28)39/h3-17H,1-2H3. The van der Waals surface area contributed by atoms with E-state index in [2.05, 4.69) is 98.1 Å². The molecule has 7 nitrogen and oxygen atoms in total. The van der Waals surface area contributed by atoms with Crippen LogP contribution in [0.25, 0.3) is 32.2 Å². The number of aromatic nitrogens is 3. The lowest BCUT2D eigenvalue weighted by atomic mass is 10.1. The van der Waals surface area contributed by atoms with E-state index in [9.17, 15) is 9.59 Å². The molecule has 7 aromatic rings. The maximum atomic E-state index is 12.7. The van der Waals surface area contributed by atoms with Crippen molar-refractivity contribution in [1.82, 2.24) is 13.7 Å². The first kappa shape index (κ1) is 25.1.